The number of rotatable bonds is 4. The van der Waals surface area contributed by atoms with Gasteiger partial charge in [-0.3, -0.25) is 34.3 Å². The number of nitrogens with zero attached hydrogens (tertiary/aromatic N) is 2. The van der Waals surface area contributed by atoms with Crippen molar-refractivity contribution < 1.29 is 29.4 Å². The molecule has 148 valence electrons. The lowest BCUT2D eigenvalue weighted by Crippen LogP contribution is -2.53. The Balaban J connectivity index is 1.58. The maximum Gasteiger partial charge on any atom is 0.304 e. The predicted molar refractivity (Wildman–Crippen MR) is 95.0 cm³/mol. The number of amides is 3. The van der Waals surface area contributed by atoms with E-state index in [2.05, 4.69) is 5.32 Å². The fourth-order valence-corrected chi connectivity index (χ4v) is 4.19. The van der Waals surface area contributed by atoms with Crippen molar-refractivity contribution in [2.45, 2.75) is 44.5 Å². The third kappa shape index (κ3) is 3.16. The first-order chi connectivity index (χ1) is 13.3. The maximum absolute atomic E-state index is 12.9. The molecule has 3 aliphatic rings. The molecule has 0 bridgehead atoms. The van der Waals surface area contributed by atoms with E-state index in [1.807, 2.05) is 4.90 Å². The number of fused-ring (bicyclic) bond motifs is 2. The zero-order chi connectivity index (χ0) is 20.0. The first-order valence-corrected chi connectivity index (χ1v) is 9.29. The van der Waals surface area contributed by atoms with Gasteiger partial charge in [0.25, 0.3) is 5.91 Å². The van der Waals surface area contributed by atoms with Gasteiger partial charge in [-0.15, -0.1) is 0 Å². The Morgan fingerprint density at radius 2 is 1.96 bits per heavy atom. The molecule has 1 saturated heterocycles. The Kier molecular flexibility index (Phi) is 4.64. The number of hydrogen-bond acceptors (Lipinski definition) is 6. The van der Waals surface area contributed by atoms with Crippen LogP contribution < -0.4 is 5.32 Å². The number of benzene rings is 1. The van der Waals surface area contributed by atoms with E-state index in [1.54, 1.807) is 12.1 Å². The van der Waals surface area contributed by atoms with E-state index in [1.165, 1.54) is 0 Å². The number of carboxylic acids is 1. The lowest BCUT2D eigenvalue weighted by molar-refractivity contribution is -0.140. The summed E-state index contributed by atoms with van der Waals surface area (Å²) in [5, 5.41) is 21.8. The van der Waals surface area contributed by atoms with Gasteiger partial charge in [-0.05, 0) is 36.1 Å². The highest BCUT2D eigenvalue weighted by Gasteiger charge is 2.44. The largest absolute Gasteiger partial charge is 0.481 e. The minimum atomic E-state index is -1.24. The molecule has 0 spiro atoms. The molecule has 4 rings (SSSR count). The van der Waals surface area contributed by atoms with Gasteiger partial charge in [0.05, 0.1) is 6.42 Å². The average Bonchev–Trinajstić information content (AvgIpc) is 2.89. The van der Waals surface area contributed by atoms with E-state index in [0.29, 0.717) is 37.2 Å². The third-order valence-electron chi connectivity index (χ3n) is 5.66. The second-order valence-electron chi connectivity index (χ2n) is 7.43. The Morgan fingerprint density at radius 3 is 2.68 bits per heavy atom. The van der Waals surface area contributed by atoms with Gasteiger partial charge in [0.2, 0.25) is 11.8 Å². The van der Waals surface area contributed by atoms with Crippen LogP contribution in [0.15, 0.2) is 12.1 Å². The van der Waals surface area contributed by atoms with Crippen LogP contribution in [0.1, 0.15) is 52.5 Å². The second-order valence-corrected chi connectivity index (χ2v) is 7.43. The fraction of sp³-hybridized carbons (Fsp3) is 0.474. The normalized spacial score (nSPS) is 24.8. The summed E-state index contributed by atoms with van der Waals surface area (Å²) in [5.74, 6) is -2.20. The zero-order valence-corrected chi connectivity index (χ0v) is 15.2. The smallest absolute Gasteiger partial charge is 0.304 e. The number of piperidine rings is 1. The van der Waals surface area contributed by atoms with E-state index in [4.69, 9.17) is 5.11 Å². The van der Waals surface area contributed by atoms with Crippen LogP contribution in [0.4, 0.5) is 0 Å². The standard InChI is InChI=1S/C19H21N3O6/c23-15-2-1-14(17(26)20-15)22-18(27)12-7-10-3-5-21(6-4-16(24)25)9-11(10)8-13(12)19(22)28/h7-8,14,19,28H,1-6,9H2,(H,24,25)(H,20,23,26). The van der Waals surface area contributed by atoms with Gasteiger partial charge in [0, 0.05) is 37.2 Å². The SMILES string of the molecule is O=C(O)CCN1CCc2cc3c(cc2C1)C(O)N(C1CCC(=O)NC1=O)C3=O. The highest BCUT2D eigenvalue weighted by molar-refractivity contribution is 6.05. The van der Waals surface area contributed by atoms with E-state index in [9.17, 15) is 24.3 Å². The van der Waals surface area contributed by atoms with Crippen LogP contribution >= 0.6 is 0 Å². The molecule has 2 unspecified atom stereocenters. The van der Waals surface area contributed by atoms with E-state index < -0.39 is 30.1 Å². The number of imide groups is 1. The number of aliphatic hydroxyl groups excluding tert-OH is 1. The first kappa shape index (κ1) is 18.6. The molecule has 0 radical (unpaired) electrons. The number of carboxylic acid groups (broad SMARTS) is 1. The molecule has 1 fully saturated rings. The van der Waals surface area contributed by atoms with E-state index in [-0.39, 0.29) is 25.2 Å². The van der Waals surface area contributed by atoms with Gasteiger partial charge in [0.15, 0.2) is 6.23 Å². The van der Waals surface area contributed by atoms with Crippen LogP contribution in [0.5, 0.6) is 0 Å². The maximum atomic E-state index is 12.9. The first-order valence-electron chi connectivity index (χ1n) is 9.29. The third-order valence-corrected chi connectivity index (χ3v) is 5.66. The molecule has 0 aliphatic carbocycles. The molecule has 3 amide bonds. The van der Waals surface area contributed by atoms with Crippen LogP contribution in [0.3, 0.4) is 0 Å². The topological polar surface area (TPSA) is 127 Å². The summed E-state index contributed by atoms with van der Waals surface area (Å²) in [6, 6.07) is 2.68. The van der Waals surface area contributed by atoms with E-state index in [0.717, 1.165) is 16.0 Å². The summed E-state index contributed by atoms with van der Waals surface area (Å²) >= 11 is 0. The predicted octanol–water partition coefficient (Wildman–Crippen LogP) is -0.229. The van der Waals surface area contributed by atoms with Gasteiger partial charge in [-0.1, -0.05) is 0 Å². The molecule has 1 aromatic rings. The molecule has 3 heterocycles. The number of carbonyl (C=O) groups excluding carboxylic acids is 3. The summed E-state index contributed by atoms with van der Waals surface area (Å²) in [5.41, 5.74) is 2.78. The van der Waals surface area contributed by atoms with Crippen molar-refractivity contribution in [3.63, 3.8) is 0 Å². The fourth-order valence-electron chi connectivity index (χ4n) is 4.19. The van der Waals surface area contributed by atoms with Crippen LogP contribution in [-0.4, -0.2) is 62.8 Å². The Morgan fingerprint density at radius 1 is 1.18 bits per heavy atom. The molecule has 9 heteroatoms. The van der Waals surface area contributed by atoms with Gasteiger partial charge >= 0.3 is 5.97 Å². The molecule has 0 aromatic heterocycles. The Bertz CT molecular complexity index is 883. The summed E-state index contributed by atoms with van der Waals surface area (Å²) < 4.78 is 0. The summed E-state index contributed by atoms with van der Waals surface area (Å²) in [6.07, 6.45) is -0.192. The summed E-state index contributed by atoms with van der Waals surface area (Å²) in [6.45, 7) is 1.69. The van der Waals surface area contributed by atoms with Crippen LogP contribution in [0.25, 0.3) is 0 Å². The highest BCUT2D eigenvalue weighted by atomic mass is 16.4. The number of aliphatic hydroxyl groups is 1. The van der Waals surface area contributed by atoms with Crippen LogP contribution in [0, 0.1) is 0 Å². The zero-order valence-electron chi connectivity index (χ0n) is 15.2. The monoisotopic (exact) mass is 387 g/mol. The quantitative estimate of drug-likeness (QED) is 0.609. The van der Waals surface area contributed by atoms with Crippen molar-refractivity contribution in [2.24, 2.45) is 0 Å². The van der Waals surface area contributed by atoms with E-state index >= 15 is 0 Å². The molecule has 3 aliphatic heterocycles. The Labute approximate surface area is 160 Å². The number of carbonyl (C=O) groups is 4. The molecule has 28 heavy (non-hydrogen) atoms. The highest BCUT2D eigenvalue weighted by Crippen LogP contribution is 2.37. The van der Waals surface area contributed by atoms with Gasteiger partial charge < -0.3 is 10.2 Å². The van der Waals surface area contributed by atoms with Crippen molar-refractivity contribution in [1.82, 2.24) is 15.1 Å². The number of hydrogen-bond donors (Lipinski definition) is 3. The molecule has 3 N–H and O–H groups in total. The van der Waals surface area contributed by atoms with Gasteiger partial charge in [-0.2, -0.15) is 0 Å². The Hall–Kier alpha value is -2.78. The van der Waals surface area contributed by atoms with Crippen molar-refractivity contribution in [3.05, 3.63) is 34.4 Å². The summed E-state index contributed by atoms with van der Waals surface area (Å²) in [7, 11) is 0. The van der Waals surface area contributed by atoms with Crippen molar-refractivity contribution >= 4 is 23.7 Å². The molecule has 1 aromatic carbocycles. The number of nitrogens with one attached hydrogen (secondary N) is 1. The minimum absolute atomic E-state index is 0.0602. The van der Waals surface area contributed by atoms with Crippen LogP contribution in [-0.2, 0) is 27.3 Å². The molecular weight excluding hydrogens is 366 g/mol. The van der Waals surface area contributed by atoms with Gasteiger partial charge in [-0.25, -0.2) is 0 Å². The second kappa shape index (κ2) is 6.99. The van der Waals surface area contributed by atoms with Crippen molar-refractivity contribution in [1.29, 1.82) is 0 Å². The molecule has 2 atom stereocenters. The number of aliphatic carboxylic acids is 1. The average molecular weight is 387 g/mol. The lowest BCUT2D eigenvalue weighted by atomic mass is 9.94. The van der Waals surface area contributed by atoms with Crippen LogP contribution in [0.2, 0.25) is 0 Å². The van der Waals surface area contributed by atoms with Crippen molar-refractivity contribution in [2.75, 3.05) is 13.1 Å². The molecule has 0 saturated carbocycles. The lowest BCUT2D eigenvalue weighted by Gasteiger charge is -2.32. The molecular formula is C19H21N3O6. The summed E-state index contributed by atoms with van der Waals surface area (Å²) in [4.78, 5) is 50.4. The minimum Gasteiger partial charge on any atom is -0.481 e. The van der Waals surface area contributed by atoms with Gasteiger partial charge in [0.1, 0.15) is 6.04 Å². The molecule has 9 nitrogen and oxygen atoms in total. The van der Waals surface area contributed by atoms with Crippen molar-refractivity contribution in [3.8, 4) is 0 Å².